The van der Waals surface area contributed by atoms with Gasteiger partial charge in [0.15, 0.2) is 0 Å². The van der Waals surface area contributed by atoms with Crippen LogP contribution in [0.3, 0.4) is 0 Å². The second-order valence-corrected chi connectivity index (χ2v) is 8.98. The molecule has 2 aromatic heterocycles. The van der Waals surface area contributed by atoms with Gasteiger partial charge in [0.1, 0.15) is 24.1 Å². The molecule has 1 fully saturated rings. The molecule has 5 rings (SSSR count). The quantitative estimate of drug-likeness (QED) is 0.341. The molecule has 39 heavy (non-hydrogen) atoms. The molecule has 1 N–H and O–H groups in total. The van der Waals surface area contributed by atoms with Crippen LogP contribution < -0.4 is 20.9 Å². The van der Waals surface area contributed by atoms with E-state index >= 15 is 0 Å². The largest absolute Gasteiger partial charge is 0.487 e. The molecule has 3 heterocycles. The topological polar surface area (TPSA) is 142 Å². The zero-order chi connectivity index (χ0) is 27.4. The van der Waals surface area contributed by atoms with E-state index < -0.39 is 23.2 Å². The highest BCUT2D eigenvalue weighted by molar-refractivity contribution is 5.98. The Bertz CT molecular complexity index is 1590. The number of anilines is 1. The van der Waals surface area contributed by atoms with Crippen LogP contribution in [-0.2, 0) is 17.9 Å². The minimum absolute atomic E-state index is 0.0788. The molecule has 0 aliphatic carbocycles. The van der Waals surface area contributed by atoms with Crippen molar-refractivity contribution in [3.63, 3.8) is 0 Å². The third kappa shape index (κ3) is 5.41. The Balaban J connectivity index is 1.28. The van der Waals surface area contributed by atoms with Crippen molar-refractivity contribution < 1.29 is 19.4 Å². The molecule has 4 aromatic rings. The lowest BCUT2D eigenvalue weighted by Gasteiger charge is -2.18. The lowest BCUT2D eigenvalue weighted by molar-refractivity contribution is -0.119. The van der Waals surface area contributed by atoms with Gasteiger partial charge in [0.2, 0.25) is 5.91 Å². The van der Waals surface area contributed by atoms with E-state index in [0.717, 1.165) is 10.6 Å². The Kier molecular flexibility index (Phi) is 7.46. The Morgan fingerprint density at radius 2 is 1.79 bits per heavy atom. The number of aromatic nitrogens is 5. The van der Waals surface area contributed by atoms with Crippen molar-refractivity contribution in [2.45, 2.75) is 32.0 Å². The van der Waals surface area contributed by atoms with Gasteiger partial charge in [-0.3, -0.25) is 23.6 Å². The second kappa shape index (κ2) is 11.3. The van der Waals surface area contributed by atoms with Crippen LogP contribution >= 0.6 is 0 Å². The van der Waals surface area contributed by atoms with Gasteiger partial charge in [-0.25, -0.2) is 4.79 Å². The molecule has 2 aromatic carbocycles. The first-order valence-electron chi connectivity index (χ1n) is 12.4. The molecule has 1 amide bonds. The van der Waals surface area contributed by atoms with E-state index in [2.05, 4.69) is 10.3 Å². The maximum Gasteiger partial charge on any atom is 0.338 e. The summed E-state index contributed by atoms with van der Waals surface area (Å²) in [7, 11) is 0. The first-order valence-corrected chi connectivity index (χ1v) is 12.4. The van der Waals surface area contributed by atoms with Crippen LogP contribution in [0.5, 0.6) is 5.75 Å². The maximum absolute atomic E-state index is 13.3. The van der Waals surface area contributed by atoms with E-state index in [1.165, 1.54) is 18.3 Å². The van der Waals surface area contributed by atoms with Gasteiger partial charge in [-0.2, -0.15) is 4.57 Å². The summed E-state index contributed by atoms with van der Waals surface area (Å²) in [6.07, 6.45) is 3.94. The molecule has 12 nitrogen and oxygen atoms in total. The number of carbonyl (C=O) groups is 2. The summed E-state index contributed by atoms with van der Waals surface area (Å²) in [5.41, 5.74) is -0.134. The van der Waals surface area contributed by atoms with Crippen molar-refractivity contribution in [3.05, 3.63) is 105 Å². The highest BCUT2D eigenvalue weighted by atomic mass is 16.5. The standard InChI is InChI=1S/C27H26N6O6/c34-16-4-13-30-17-20(28-29-30)18-39-22-9-7-21(8-10-22)31-14-11-23(26(31)37)32-15-12-24(35)33(27(32)38)25(36)19-5-2-1-3-6-19/h1-3,5-10,12,15,17,23,34H,4,11,13-14,16,18H2. The molecule has 1 aliphatic rings. The molecule has 0 radical (unpaired) electrons. The summed E-state index contributed by atoms with van der Waals surface area (Å²) in [5, 5.41) is 16.9. The summed E-state index contributed by atoms with van der Waals surface area (Å²) >= 11 is 0. The van der Waals surface area contributed by atoms with Crippen LogP contribution in [0.15, 0.2) is 82.6 Å². The minimum Gasteiger partial charge on any atom is -0.487 e. The van der Waals surface area contributed by atoms with Gasteiger partial charge in [-0.15, -0.1) is 5.10 Å². The highest BCUT2D eigenvalue weighted by Crippen LogP contribution is 2.29. The molecule has 1 atom stereocenters. The smallest absolute Gasteiger partial charge is 0.338 e. The average Bonchev–Trinajstić information content (AvgIpc) is 3.58. The Morgan fingerprint density at radius 3 is 2.54 bits per heavy atom. The minimum atomic E-state index is -0.853. The van der Waals surface area contributed by atoms with Crippen LogP contribution in [0.1, 0.15) is 34.9 Å². The molecule has 1 unspecified atom stereocenters. The van der Waals surface area contributed by atoms with Crippen molar-refractivity contribution in [2.75, 3.05) is 18.1 Å². The maximum atomic E-state index is 13.3. The van der Waals surface area contributed by atoms with Crippen LogP contribution in [0.2, 0.25) is 0 Å². The molecular weight excluding hydrogens is 504 g/mol. The number of hydrogen-bond donors (Lipinski definition) is 1. The number of amides is 1. The predicted molar refractivity (Wildman–Crippen MR) is 140 cm³/mol. The van der Waals surface area contributed by atoms with Gasteiger partial charge >= 0.3 is 5.69 Å². The zero-order valence-electron chi connectivity index (χ0n) is 20.9. The van der Waals surface area contributed by atoms with Crippen molar-refractivity contribution in [1.29, 1.82) is 0 Å². The van der Waals surface area contributed by atoms with E-state index in [0.29, 0.717) is 47.6 Å². The summed E-state index contributed by atoms with van der Waals surface area (Å²) in [6.45, 7) is 1.22. The summed E-state index contributed by atoms with van der Waals surface area (Å²) in [6, 6.07) is 15.3. The fraction of sp³-hybridized carbons (Fsp3) is 0.259. The van der Waals surface area contributed by atoms with E-state index in [1.54, 1.807) is 58.2 Å². The zero-order valence-corrected chi connectivity index (χ0v) is 20.9. The van der Waals surface area contributed by atoms with Crippen LogP contribution in [0.25, 0.3) is 0 Å². The number of ether oxygens (including phenoxy) is 1. The second-order valence-electron chi connectivity index (χ2n) is 8.98. The average molecular weight is 531 g/mol. The number of benzene rings is 2. The van der Waals surface area contributed by atoms with E-state index in [4.69, 9.17) is 9.84 Å². The Hall–Kier alpha value is -4.84. The number of nitrogens with zero attached hydrogens (tertiary/aromatic N) is 6. The van der Waals surface area contributed by atoms with Crippen LogP contribution in [0.4, 0.5) is 5.69 Å². The Morgan fingerprint density at radius 1 is 1.03 bits per heavy atom. The fourth-order valence-electron chi connectivity index (χ4n) is 4.43. The molecule has 0 spiro atoms. The first-order chi connectivity index (χ1) is 19.0. The summed E-state index contributed by atoms with van der Waals surface area (Å²) < 4.78 is 9.11. The van der Waals surface area contributed by atoms with Gasteiger partial charge in [0, 0.05) is 43.2 Å². The number of aliphatic hydroxyl groups is 1. The highest BCUT2D eigenvalue weighted by Gasteiger charge is 2.35. The van der Waals surface area contributed by atoms with Crippen molar-refractivity contribution in [2.24, 2.45) is 0 Å². The normalized spacial score (nSPS) is 15.1. The molecule has 1 aliphatic heterocycles. The number of aryl methyl sites for hydroxylation is 1. The number of carbonyl (C=O) groups excluding carboxylic acids is 2. The van der Waals surface area contributed by atoms with Gasteiger partial charge in [-0.05, 0) is 49.2 Å². The molecule has 0 bridgehead atoms. The van der Waals surface area contributed by atoms with Gasteiger partial charge in [0.25, 0.3) is 11.5 Å². The molecule has 12 heteroatoms. The van der Waals surface area contributed by atoms with Crippen molar-refractivity contribution in [3.8, 4) is 5.75 Å². The van der Waals surface area contributed by atoms with Crippen molar-refractivity contribution >= 4 is 17.5 Å². The summed E-state index contributed by atoms with van der Waals surface area (Å²) in [4.78, 5) is 53.3. The van der Waals surface area contributed by atoms with Gasteiger partial charge in [-0.1, -0.05) is 23.4 Å². The molecule has 1 saturated heterocycles. The lowest BCUT2D eigenvalue weighted by Crippen LogP contribution is -2.45. The lowest BCUT2D eigenvalue weighted by atomic mass is 10.2. The van der Waals surface area contributed by atoms with E-state index in [1.807, 2.05) is 0 Å². The number of hydrogen-bond acceptors (Lipinski definition) is 8. The van der Waals surface area contributed by atoms with Crippen molar-refractivity contribution in [1.82, 2.24) is 24.1 Å². The predicted octanol–water partition coefficient (Wildman–Crippen LogP) is 1.23. The van der Waals surface area contributed by atoms with Crippen LogP contribution in [0, 0.1) is 0 Å². The summed E-state index contributed by atoms with van der Waals surface area (Å²) in [5.74, 6) is -0.484. The van der Waals surface area contributed by atoms with Crippen LogP contribution in [-0.4, -0.2) is 54.2 Å². The van der Waals surface area contributed by atoms with Gasteiger partial charge < -0.3 is 14.7 Å². The third-order valence-electron chi connectivity index (χ3n) is 6.41. The SMILES string of the molecule is O=C1C(n2ccc(=O)n(C(=O)c3ccccc3)c2=O)CCN1c1ccc(OCc2cn(CCCO)nn2)cc1. The Labute approximate surface area is 222 Å². The first kappa shape index (κ1) is 25.8. The molecular formula is C27H26N6O6. The molecule has 0 saturated carbocycles. The molecule has 200 valence electrons. The monoisotopic (exact) mass is 530 g/mol. The van der Waals surface area contributed by atoms with E-state index in [-0.39, 0.29) is 24.7 Å². The van der Waals surface area contributed by atoms with E-state index in [9.17, 15) is 19.2 Å². The number of rotatable bonds is 9. The number of aliphatic hydroxyl groups excluding tert-OH is 1. The third-order valence-corrected chi connectivity index (χ3v) is 6.41. The fourth-order valence-corrected chi connectivity index (χ4v) is 4.43. The van der Waals surface area contributed by atoms with Gasteiger partial charge in [0.05, 0.1) is 6.20 Å².